The van der Waals surface area contributed by atoms with Crippen LogP contribution in [0.2, 0.25) is 0 Å². The number of carbonyl (C=O) groups excluding carboxylic acids is 1. The van der Waals surface area contributed by atoms with Crippen molar-refractivity contribution in [1.82, 2.24) is 9.97 Å². The Balaban J connectivity index is 1.70. The summed E-state index contributed by atoms with van der Waals surface area (Å²) in [6, 6.07) is 7.98. The number of carbonyl (C=O) groups is 1. The fraction of sp³-hybridized carbons (Fsp3) is 0.350. The van der Waals surface area contributed by atoms with E-state index in [2.05, 4.69) is 22.2 Å². The van der Waals surface area contributed by atoms with Gasteiger partial charge in [-0.1, -0.05) is 25.5 Å². The van der Waals surface area contributed by atoms with Crippen LogP contribution in [-0.4, -0.2) is 15.9 Å². The number of nitrogens with one attached hydrogen (secondary N) is 1. The zero-order valence-electron chi connectivity index (χ0n) is 14.3. The fourth-order valence-corrected chi connectivity index (χ4v) is 4.68. The van der Waals surface area contributed by atoms with E-state index in [0.29, 0.717) is 5.69 Å². The largest absolute Gasteiger partial charge is 0.321 e. The second kappa shape index (κ2) is 6.92. The van der Waals surface area contributed by atoms with E-state index in [1.807, 2.05) is 24.3 Å². The average molecular weight is 351 g/mol. The lowest BCUT2D eigenvalue weighted by Gasteiger charge is -2.07. The summed E-state index contributed by atoms with van der Waals surface area (Å²) in [4.78, 5) is 23.9. The van der Waals surface area contributed by atoms with Gasteiger partial charge in [-0.05, 0) is 55.4 Å². The molecule has 0 unspecified atom stereocenters. The van der Waals surface area contributed by atoms with Gasteiger partial charge in [-0.3, -0.25) is 4.79 Å². The van der Waals surface area contributed by atoms with E-state index >= 15 is 0 Å². The molecule has 3 aromatic rings. The molecule has 0 spiro atoms. The average Bonchev–Trinajstić information content (AvgIpc) is 2.83. The van der Waals surface area contributed by atoms with Crippen molar-refractivity contribution in [1.29, 1.82) is 0 Å². The van der Waals surface area contributed by atoms with Crippen molar-refractivity contribution in [2.24, 2.45) is 0 Å². The normalized spacial score (nSPS) is 14.1. The van der Waals surface area contributed by atoms with Crippen molar-refractivity contribution in [3.63, 3.8) is 0 Å². The van der Waals surface area contributed by atoms with Gasteiger partial charge in [-0.2, -0.15) is 0 Å². The zero-order chi connectivity index (χ0) is 17.2. The fourth-order valence-electron chi connectivity index (χ4n) is 3.45. The first-order valence-corrected chi connectivity index (χ1v) is 9.73. The molecule has 0 bridgehead atoms. The minimum atomic E-state index is -0.151. The molecule has 4 rings (SSSR count). The van der Waals surface area contributed by atoms with Gasteiger partial charge in [0.15, 0.2) is 0 Å². The van der Waals surface area contributed by atoms with Crippen LogP contribution in [0.15, 0.2) is 30.6 Å². The Morgan fingerprint density at radius 3 is 2.72 bits per heavy atom. The highest BCUT2D eigenvalue weighted by Crippen LogP contribution is 2.36. The van der Waals surface area contributed by atoms with E-state index in [-0.39, 0.29) is 5.91 Å². The van der Waals surface area contributed by atoms with Gasteiger partial charge in [0.1, 0.15) is 16.9 Å². The first kappa shape index (κ1) is 16.2. The van der Waals surface area contributed by atoms with Crippen LogP contribution in [0.25, 0.3) is 10.2 Å². The SMILES string of the molecule is CCc1ccc(NC(=O)c2ncnc3sc4c(c23)CCCCC4)cc1. The summed E-state index contributed by atoms with van der Waals surface area (Å²) in [5, 5.41) is 3.95. The Labute approximate surface area is 151 Å². The smallest absolute Gasteiger partial charge is 0.275 e. The maximum Gasteiger partial charge on any atom is 0.275 e. The molecule has 0 saturated heterocycles. The molecule has 1 aromatic carbocycles. The first-order chi connectivity index (χ1) is 12.3. The van der Waals surface area contributed by atoms with Crippen LogP contribution in [0.1, 0.15) is 52.7 Å². The van der Waals surface area contributed by atoms with Crippen LogP contribution in [-0.2, 0) is 19.3 Å². The lowest BCUT2D eigenvalue weighted by atomic mass is 10.1. The summed E-state index contributed by atoms with van der Waals surface area (Å²) in [5.74, 6) is -0.151. The van der Waals surface area contributed by atoms with Gasteiger partial charge in [-0.25, -0.2) is 9.97 Å². The third-order valence-electron chi connectivity index (χ3n) is 4.84. The predicted octanol–water partition coefficient (Wildman–Crippen LogP) is 4.77. The number of amides is 1. The van der Waals surface area contributed by atoms with Gasteiger partial charge in [-0.15, -0.1) is 11.3 Å². The molecule has 0 atom stereocenters. The van der Waals surface area contributed by atoms with Gasteiger partial charge in [0.25, 0.3) is 5.91 Å². The first-order valence-electron chi connectivity index (χ1n) is 8.92. The minimum absolute atomic E-state index is 0.151. The number of benzene rings is 1. The van der Waals surface area contributed by atoms with Crippen LogP contribution in [0, 0.1) is 0 Å². The van der Waals surface area contributed by atoms with E-state index in [9.17, 15) is 4.79 Å². The summed E-state index contributed by atoms with van der Waals surface area (Å²) in [5.41, 5.74) is 3.86. The van der Waals surface area contributed by atoms with Gasteiger partial charge < -0.3 is 5.32 Å². The molecule has 0 aliphatic heterocycles. The number of aryl methyl sites for hydroxylation is 3. The molecule has 0 fully saturated rings. The highest BCUT2D eigenvalue weighted by Gasteiger charge is 2.22. The van der Waals surface area contributed by atoms with Crippen molar-refractivity contribution in [3.05, 3.63) is 52.3 Å². The molecular weight excluding hydrogens is 330 g/mol. The number of rotatable bonds is 3. The molecule has 1 aliphatic rings. The Kier molecular flexibility index (Phi) is 4.49. The number of aromatic nitrogens is 2. The molecule has 5 heteroatoms. The van der Waals surface area contributed by atoms with E-state index < -0.39 is 0 Å². The summed E-state index contributed by atoms with van der Waals surface area (Å²) >= 11 is 1.72. The summed E-state index contributed by atoms with van der Waals surface area (Å²) in [7, 11) is 0. The van der Waals surface area contributed by atoms with Crippen molar-refractivity contribution in [2.45, 2.75) is 45.4 Å². The highest BCUT2D eigenvalue weighted by molar-refractivity contribution is 7.18. The molecule has 1 N–H and O–H groups in total. The van der Waals surface area contributed by atoms with E-state index in [0.717, 1.165) is 35.2 Å². The monoisotopic (exact) mass is 351 g/mol. The molecule has 1 aliphatic carbocycles. The number of hydrogen-bond acceptors (Lipinski definition) is 4. The molecule has 2 aromatic heterocycles. The maximum absolute atomic E-state index is 12.9. The molecule has 2 heterocycles. The second-order valence-corrected chi connectivity index (χ2v) is 7.56. The van der Waals surface area contributed by atoms with Crippen LogP contribution in [0.3, 0.4) is 0 Å². The van der Waals surface area contributed by atoms with Crippen LogP contribution in [0.4, 0.5) is 5.69 Å². The summed E-state index contributed by atoms with van der Waals surface area (Å²) in [6.07, 6.45) is 8.26. The van der Waals surface area contributed by atoms with Gasteiger partial charge >= 0.3 is 0 Å². The molecule has 4 nitrogen and oxygen atoms in total. The van der Waals surface area contributed by atoms with Crippen molar-refractivity contribution in [3.8, 4) is 0 Å². The quantitative estimate of drug-likeness (QED) is 0.691. The third kappa shape index (κ3) is 3.16. The van der Waals surface area contributed by atoms with Crippen molar-refractivity contribution >= 4 is 33.1 Å². The zero-order valence-corrected chi connectivity index (χ0v) is 15.2. The van der Waals surface area contributed by atoms with Crippen molar-refractivity contribution < 1.29 is 4.79 Å². The maximum atomic E-state index is 12.9. The standard InChI is InChI=1S/C20H21N3OS/c1-2-13-8-10-14(11-9-13)23-19(24)18-17-15-6-4-3-5-7-16(15)25-20(17)22-12-21-18/h8-12H,2-7H2,1H3,(H,23,24). The lowest BCUT2D eigenvalue weighted by molar-refractivity contribution is 0.102. The third-order valence-corrected chi connectivity index (χ3v) is 6.04. The molecule has 128 valence electrons. The molecule has 0 saturated carbocycles. The van der Waals surface area contributed by atoms with Crippen molar-refractivity contribution in [2.75, 3.05) is 5.32 Å². The van der Waals surface area contributed by atoms with Gasteiger partial charge in [0.05, 0.1) is 0 Å². The van der Waals surface area contributed by atoms with E-state index in [1.165, 1.54) is 41.6 Å². The van der Waals surface area contributed by atoms with E-state index in [1.54, 1.807) is 11.3 Å². The van der Waals surface area contributed by atoms with E-state index in [4.69, 9.17) is 0 Å². The number of nitrogens with zero attached hydrogens (tertiary/aromatic N) is 2. The Morgan fingerprint density at radius 2 is 1.92 bits per heavy atom. The molecule has 25 heavy (non-hydrogen) atoms. The molecule has 1 amide bonds. The number of anilines is 1. The number of thiophene rings is 1. The summed E-state index contributed by atoms with van der Waals surface area (Å²) in [6.45, 7) is 2.12. The Hall–Kier alpha value is -2.27. The van der Waals surface area contributed by atoms with Gasteiger partial charge in [0.2, 0.25) is 0 Å². The Bertz CT molecular complexity index is 915. The molecule has 0 radical (unpaired) electrons. The number of hydrogen-bond donors (Lipinski definition) is 1. The van der Waals surface area contributed by atoms with Crippen LogP contribution >= 0.6 is 11.3 Å². The highest BCUT2D eigenvalue weighted by atomic mass is 32.1. The molecular formula is C20H21N3OS. The van der Waals surface area contributed by atoms with Crippen LogP contribution < -0.4 is 5.32 Å². The summed E-state index contributed by atoms with van der Waals surface area (Å²) < 4.78 is 0. The topological polar surface area (TPSA) is 54.9 Å². The predicted molar refractivity (Wildman–Crippen MR) is 102 cm³/mol. The minimum Gasteiger partial charge on any atom is -0.321 e. The second-order valence-electron chi connectivity index (χ2n) is 6.47. The van der Waals surface area contributed by atoms with Crippen LogP contribution in [0.5, 0.6) is 0 Å². The Morgan fingerprint density at radius 1 is 1.12 bits per heavy atom. The van der Waals surface area contributed by atoms with Gasteiger partial charge in [0, 0.05) is 16.0 Å². The lowest BCUT2D eigenvalue weighted by Crippen LogP contribution is -2.14. The number of fused-ring (bicyclic) bond motifs is 3.